The number of thioether (sulfide) groups is 1. The fourth-order valence-electron chi connectivity index (χ4n) is 4.26. The quantitative estimate of drug-likeness (QED) is 0.292. The molecule has 2 amide bonds. The Balaban J connectivity index is 1.66. The SMILES string of the molecule is CCOC(=O)[C@@H](CCCCNC(=O)c1ccccc1)NC1CSc2ccccc2N(CC(=O)OC(C)(C)C)C1=O. The Morgan fingerprint density at radius 3 is 2.45 bits per heavy atom. The molecule has 0 aromatic heterocycles. The van der Waals surface area contributed by atoms with Gasteiger partial charge in [-0.1, -0.05) is 30.3 Å². The summed E-state index contributed by atoms with van der Waals surface area (Å²) in [5.41, 5.74) is 0.539. The Labute approximate surface area is 240 Å². The van der Waals surface area contributed by atoms with Crippen molar-refractivity contribution in [3.8, 4) is 0 Å². The van der Waals surface area contributed by atoms with Crippen molar-refractivity contribution in [1.29, 1.82) is 0 Å². The Kier molecular flexibility index (Phi) is 11.6. The predicted octanol–water partition coefficient (Wildman–Crippen LogP) is 3.96. The standard InChI is InChI=1S/C30H39N3O6S/c1-5-38-29(37)22(15-11-12-18-31-27(35)21-13-7-6-8-14-21)32-23-20-40-25-17-10-9-16-24(25)33(28(23)36)19-26(34)39-30(2,3)4/h6-10,13-14,16-17,22-23,32H,5,11-12,15,18-20H2,1-4H3,(H,31,35)/t22-,23?/m1/s1. The van der Waals surface area contributed by atoms with Crippen molar-refractivity contribution in [2.45, 2.75) is 69.5 Å². The van der Waals surface area contributed by atoms with Crippen LogP contribution in [0.25, 0.3) is 0 Å². The maximum atomic E-state index is 13.8. The molecule has 0 aliphatic carbocycles. The monoisotopic (exact) mass is 569 g/mol. The minimum Gasteiger partial charge on any atom is -0.465 e. The van der Waals surface area contributed by atoms with Crippen LogP contribution in [0.1, 0.15) is 57.3 Å². The minimum absolute atomic E-state index is 0.147. The number of hydrogen-bond acceptors (Lipinski definition) is 8. The molecule has 1 aliphatic rings. The van der Waals surface area contributed by atoms with Crippen LogP contribution < -0.4 is 15.5 Å². The zero-order valence-electron chi connectivity index (χ0n) is 23.6. The van der Waals surface area contributed by atoms with Crippen LogP contribution in [0.3, 0.4) is 0 Å². The number of nitrogens with zero attached hydrogens (tertiary/aromatic N) is 1. The number of carbonyl (C=O) groups excluding carboxylic acids is 4. The van der Waals surface area contributed by atoms with Gasteiger partial charge in [-0.15, -0.1) is 11.8 Å². The van der Waals surface area contributed by atoms with Gasteiger partial charge in [0.1, 0.15) is 18.2 Å². The molecule has 10 heteroatoms. The zero-order chi connectivity index (χ0) is 29.1. The van der Waals surface area contributed by atoms with Crippen LogP contribution in [0.15, 0.2) is 59.5 Å². The highest BCUT2D eigenvalue weighted by molar-refractivity contribution is 7.99. The van der Waals surface area contributed by atoms with Gasteiger partial charge in [0.15, 0.2) is 0 Å². The molecule has 0 fully saturated rings. The van der Waals surface area contributed by atoms with E-state index in [1.165, 1.54) is 16.7 Å². The minimum atomic E-state index is -0.730. The van der Waals surface area contributed by atoms with E-state index in [4.69, 9.17) is 9.47 Å². The van der Waals surface area contributed by atoms with Gasteiger partial charge in [0.2, 0.25) is 5.91 Å². The molecule has 9 nitrogen and oxygen atoms in total. The lowest BCUT2D eigenvalue weighted by Crippen LogP contribution is -2.54. The summed E-state index contributed by atoms with van der Waals surface area (Å²) in [7, 11) is 0. The maximum absolute atomic E-state index is 13.8. The van der Waals surface area contributed by atoms with Crippen LogP contribution in [-0.4, -0.2) is 66.9 Å². The summed E-state index contributed by atoms with van der Waals surface area (Å²) in [6.45, 7) is 7.51. The van der Waals surface area contributed by atoms with E-state index in [0.29, 0.717) is 42.8 Å². The second-order valence-corrected chi connectivity index (χ2v) is 11.5. The molecule has 3 rings (SSSR count). The molecule has 1 unspecified atom stereocenters. The van der Waals surface area contributed by atoms with Gasteiger partial charge in [0, 0.05) is 22.8 Å². The Hall–Kier alpha value is -3.37. The smallest absolute Gasteiger partial charge is 0.326 e. The van der Waals surface area contributed by atoms with Crippen LogP contribution in [0.2, 0.25) is 0 Å². The summed E-state index contributed by atoms with van der Waals surface area (Å²) in [4.78, 5) is 53.9. The van der Waals surface area contributed by atoms with Gasteiger partial charge in [-0.2, -0.15) is 0 Å². The molecule has 0 radical (unpaired) electrons. The fourth-order valence-corrected chi connectivity index (χ4v) is 5.35. The number of amides is 2. The number of unbranched alkanes of at least 4 members (excludes halogenated alkanes) is 1. The molecule has 2 N–H and O–H groups in total. The van der Waals surface area contributed by atoms with Crippen molar-refractivity contribution >= 4 is 41.2 Å². The molecule has 0 bridgehead atoms. The molecule has 216 valence electrons. The normalized spacial score (nSPS) is 15.9. The topological polar surface area (TPSA) is 114 Å². The molecule has 40 heavy (non-hydrogen) atoms. The number of hydrogen-bond donors (Lipinski definition) is 2. The summed E-state index contributed by atoms with van der Waals surface area (Å²) >= 11 is 1.49. The van der Waals surface area contributed by atoms with Crippen molar-refractivity contribution in [3.63, 3.8) is 0 Å². The fraction of sp³-hybridized carbons (Fsp3) is 0.467. The second-order valence-electron chi connectivity index (χ2n) is 10.4. The van der Waals surface area contributed by atoms with E-state index < -0.39 is 29.6 Å². The van der Waals surface area contributed by atoms with Crippen LogP contribution in [0, 0.1) is 0 Å². The highest BCUT2D eigenvalue weighted by atomic mass is 32.2. The molecule has 1 heterocycles. The first kappa shape index (κ1) is 31.2. The average Bonchev–Trinajstić information content (AvgIpc) is 3.04. The highest BCUT2D eigenvalue weighted by Crippen LogP contribution is 2.34. The number of para-hydroxylation sites is 1. The van der Waals surface area contributed by atoms with E-state index in [2.05, 4.69) is 10.6 Å². The number of nitrogens with one attached hydrogen (secondary N) is 2. The number of esters is 2. The van der Waals surface area contributed by atoms with Gasteiger partial charge in [0.05, 0.1) is 18.3 Å². The van der Waals surface area contributed by atoms with E-state index in [0.717, 1.165) is 4.90 Å². The molecule has 0 spiro atoms. The summed E-state index contributed by atoms with van der Waals surface area (Å²) < 4.78 is 10.8. The maximum Gasteiger partial charge on any atom is 0.326 e. The molecule has 2 aromatic carbocycles. The molecule has 0 saturated carbocycles. The molecule has 2 atom stereocenters. The zero-order valence-corrected chi connectivity index (χ0v) is 24.4. The molecular formula is C30H39N3O6S. The predicted molar refractivity (Wildman–Crippen MR) is 155 cm³/mol. The summed E-state index contributed by atoms with van der Waals surface area (Å²) in [6, 6.07) is 14.9. The van der Waals surface area contributed by atoms with Crippen molar-refractivity contribution in [2.24, 2.45) is 0 Å². The Bertz CT molecular complexity index is 1170. The van der Waals surface area contributed by atoms with Gasteiger partial charge in [-0.25, -0.2) is 0 Å². The van der Waals surface area contributed by atoms with Crippen molar-refractivity contribution in [1.82, 2.24) is 10.6 Å². The number of fused-ring (bicyclic) bond motifs is 1. The number of carbonyl (C=O) groups is 4. The van der Waals surface area contributed by atoms with Gasteiger partial charge in [-0.3, -0.25) is 29.4 Å². The van der Waals surface area contributed by atoms with Crippen molar-refractivity contribution < 1.29 is 28.7 Å². The first-order chi connectivity index (χ1) is 19.1. The highest BCUT2D eigenvalue weighted by Gasteiger charge is 2.35. The molecule has 2 aromatic rings. The Morgan fingerprint density at radius 1 is 1.05 bits per heavy atom. The van der Waals surface area contributed by atoms with Crippen LogP contribution >= 0.6 is 11.8 Å². The summed E-state index contributed by atoms with van der Waals surface area (Å²) in [5.74, 6) is -1.03. The van der Waals surface area contributed by atoms with E-state index >= 15 is 0 Å². The van der Waals surface area contributed by atoms with E-state index in [-0.39, 0.29) is 25.0 Å². The lowest BCUT2D eigenvalue weighted by Gasteiger charge is -2.28. The number of ether oxygens (including phenoxy) is 2. The van der Waals surface area contributed by atoms with Crippen molar-refractivity contribution in [3.05, 3.63) is 60.2 Å². The van der Waals surface area contributed by atoms with E-state index in [1.807, 2.05) is 36.4 Å². The van der Waals surface area contributed by atoms with Crippen LogP contribution in [-0.2, 0) is 23.9 Å². The molecular weight excluding hydrogens is 530 g/mol. The van der Waals surface area contributed by atoms with Gasteiger partial charge < -0.3 is 14.8 Å². The third kappa shape index (κ3) is 9.38. The first-order valence-electron chi connectivity index (χ1n) is 13.6. The summed E-state index contributed by atoms with van der Waals surface area (Å²) in [5, 5.41) is 6.11. The lowest BCUT2D eigenvalue weighted by atomic mass is 10.1. The largest absolute Gasteiger partial charge is 0.465 e. The lowest BCUT2D eigenvalue weighted by molar-refractivity contribution is -0.154. The van der Waals surface area contributed by atoms with Gasteiger partial charge in [0.25, 0.3) is 5.91 Å². The van der Waals surface area contributed by atoms with Gasteiger partial charge >= 0.3 is 11.9 Å². The average molecular weight is 570 g/mol. The molecule has 0 saturated heterocycles. The van der Waals surface area contributed by atoms with Gasteiger partial charge in [-0.05, 0) is 71.2 Å². The second kappa shape index (κ2) is 14.9. The third-order valence-corrected chi connectivity index (χ3v) is 7.20. The number of rotatable bonds is 12. The number of benzene rings is 2. The van der Waals surface area contributed by atoms with Crippen LogP contribution in [0.5, 0.6) is 0 Å². The Morgan fingerprint density at radius 2 is 1.75 bits per heavy atom. The molecule has 1 aliphatic heterocycles. The number of anilines is 1. The van der Waals surface area contributed by atoms with E-state index in [1.54, 1.807) is 45.9 Å². The first-order valence-corrected chi connectivity index (χ1v) is 14.6. The van der Waals surface area contributed by atoms with Crippen LogP contribution in [0.4, 0.5) is 5.69 Å². The van der Waals surface area contributed by atoms with Crippen molar-refractivity contribution in [2.75, 3.05) is 30.3 Å². The van der Waals surface area contributed by atoms with E-state index in [9.17, 15) is 19.2 Å². The third-order valence-electron chi connectivity index (χ3n) is 6.05. The summed E-state index contributed by atoms with van der Waals surface area (Å²) in [6.07, 6.45) is 1.70.